The van der Waals surface area contributed by atoms with E-state index in [1.54, 1.807) is 24.3 Å². The molecule has 8 N–H and O–H groups in total. The predicted molar refractivity (Wildman–Crippen MR) is 118 cm³/mol. The normalized spacial score (nSPS) is 21.9. The molecule has 33 heavy (non-hydrogen) atoms. The van der Waals surface area contributed by atoms with Crippen molar-refractivity contribution in [1.29, 1.82) is 0 Å². The Balaban J connectivity index is 1.68. The van der Waals surface area contributed by atoms with Crippen LogP contribution in [-0.4, -0.2) is 35.6 Å². The number of halogens is 3. The van der Waals surface area contributed by atoms with Gasteiger partial charge in [-0.1, -0.05) is 24.3 Å². The van der Waals surface area contributed by atoms with Gasteiger partial charge in [-0.05, 0) is 61.1 Å². The molecule has 178 valence electrons. The van der Waals surface area contributed by atoms with Crippen molar-refractivity contribution >= 4 is 11.8 Å². The first-order chi connectivity index (χ1) is 15.5. The number of amides is 2. The van der Waals surface area contributed by atoms with Crippen LogP contribution in [0.15, 0.2) is 48.5 Å². The Morgan fingerprint density at radius 2 is 1.52 bits per heavy atom. The number of benzene rings is 2. The summed E-state index contributed by atoms with van der Waals surface area (Å²) in [5, 5.41) is 0. The van der Waals surface area contributed by atoms with E-state index in [9.17, 15) is 22.8 Å². The van der Waals surface area contributed by atoms with Crippen LogP contribution in [0.5, 0.6) is 0 Å². The van der Waals surface area contributed by atoms with E-state index >= 15 is 0 Å². The first-order valence-corrected chi connectivity index (χ1v) is 10.6. The smallest absolute Gasteiger partial charge is 0.366 e. The summed E-state index contributed by atoms with van der Waals surface area (Å²) in [5.41, 5.74) is 23.8. The highest BCUT2D eigenvalue weighted by molar-refractivity contribution is 5.94. The highest BCUT2D eigenvalue weighted by Crippen LogP contribution is 2.37. The summed E-state index contributed by atoms with van der Waals surface area (Å²) in [6.07, 6.45) is -2.17. The molecule has 0 aliphatic heterocycles. The molecule has 1 aliphatic rings. The fourth-order valence-electron chi connectivity index (χ4n) is 4.27. The van der Waals surface area contributed by atoms with Gasteiger partial charge in [0.1, 0.15) is 6.04 Å². The minimum absolute atomic E-state index is 0.0296. The fraction of sp³-hybridized carbons (Fsp3) is 0.391. The van der Waals surface area contributed by atoms with Gasteiger partial charge < -0.3 is 27.8 Å². The largest absolute Gasteiger partial charge is 0.407 e. The number of hydrogen-bond donors (Lipinski definition) is 4. The molecule has 1 saturated carbocycles. The van der Waals surface area contributed by atoms with Crippen molar-refractivity contribution in [3.05, 3.63) is 70.8 Å². The first-order valence-electron chi connectivity index (χ1n) is 10.6. The summed E-state index contributed by atoms with van der Waals surface area (Å²) in [6.45, 7) is -0.0296. The lowest BCUT2D eigenvalue weighted by Crippen LogP contribution is -2.50. The van der Waals surface area contributed by atoms with E-state index in [2.05, 4.69) is 0 Å². The van der Waals surface area contributed by atoms with Crippen molar-refractivity contribution in [3.8, 4) is 0 Å². The summed E-state index contributed by atoms with van der Waals surface area (Å²) in [6, 6.07) is 9.69. The van der Waals surface area contributed by atoms with Crippen LogP contribution < -0.4 is 22.9 Å². The molecule has 2 aromatic rings. The van der Waals surface area contributed by atoms with Crippen molar-refractivity contribution in [2.75, 3.05) is 6.67 Å². The zero-order valence-corrected chi connectivity index (χ0v) is 18.0. The summed E-state index contributed by atoms with van der Waals surface area (Å²) in [5.74, 6) is -0.869. The molecule has 0 aromatic heterocycles. The fourth-order valence-corrected chi connectivity index (χ4v) is 4.27. The third-order valence-corrected chi connectivity index (χ3v) is 6.36. The molecule has 2 aromatic carbocycles. The average molecular weight is 464 g/mol. The highest BCUT2D eigenvalue weighted by Gasteiger charge is 2.38. The van der Waals surface area contributed by atoms with Gasteiger partial charge in [0.05, 0.1) is 6.67 Å². The van der Waals surface area contributed by atoms with Crippen molar-refractivity contribution in [3.63, 3.8) is 0 Å². The van der Waals surface area contributed by atoms with E-state index < -0.39 is 23.7 Å². The Kier molecular flexibility index (Phi) is 7.11. The second-order valence-corrected chi connectivity index (χ2v) is 8.43. The third-order valence-electron chi connectivity index (χ3n) is 6.36. The van der Waals surface area contributed by atoms with Gasteiger partial charge in [0, 0.05) is 22.7 Å². The third kappa shape index (κ3) is 5.35. The van der Waals surface area contributed by atoms with Gasteiger partial charge in [0.25, 0.3) is 5.91 Å². The van der Waals surface area contributed by atoms with E-state index in [1.807, 2.05) is 0 Å². The number of hydrogen-bond acceptors (Lipinski definition) is 5. The molecule has 1 unspecified atom stereocenters. The Morgan fingerprint density at radius 3 is 1.97 bits per heavy atom. The number of primary amides is 1. The second-order valence-electron chi connectivity index (χ2n) is 8.43. The quantitative estimate of drug-likeness (QED) is 0.487. The minimum atomic E-state index is -4.56. The zero-order valence-electron chi connectivity index (χ0n) is 18.0. The zero-order chi connectivity index (χ0) is 24.4. The molecule has 7 nitrogen and oxygen atoms in total. The maximum absolute atomic E-state index is 13.0. The van der Waals surface area contributed by atoms with Crippen molar-refractivity contribution in [2.45, 2.75) is 49.5 Å². The summed E-state index contributed by atoms with van der Waals surface area (Å²) >= 11 is 0. The maximum atomic E-state index is 13.0. The molecule has 0 spiro atoms. The maximum Gasteiger partial charge on any atom is 0.407 e. The Bertz CT molecular complexity index is 985. The van der Waals surface area contributed by atoms with Crippen LogP contribution in [0.25, 0.3) is 0 Å². The van der Waals surface area contributed by atoms with E-state index in [0.29, 0.717) is 31.2 Å². The van der Waals surface area contributed by atoms with Crippen molar-refractivity contribution in [2.24, 2.45) is 22.9 Å². The predicted octanol–water partition coefficient (Wildman–Crippen LogP) is 2.50. The van der Waals surface area contributed by atoms with Gasteiger partial charge in [-0.3, -0.25) is 9.59 Å². The lowest BCUT2D eigenvalue weighted by Gasteiger charge is -2.41. The lowest BCUT2D eigenvalue weighted by atomic mass is 9.75. The molecule has 3 rings (SSSR count). The number of nitrogens with two attached hydrogens (primary N) is 4. The topological polar surface area (TPSA) is 141 Å². The van der Waals surface area contributed by atoms with Crippen LogP contribution >= 0.6 is 0 Å². The molecule has 1 fully saturated rings. The standard InChI is InChI=1S/C23H28F3N5O2/c24-23(25,26)19(28)14-1-3-16(4-2-14)21(33)31(13-27)18-9-11-22(30,12-10-18)17-7-5-15(6-8-17)20(29)32/h1-8,18-19H,9-13,27-28,30H2,(H2,29,32). The Hall–Kier alpha value is -2.95. The number of carbonyl (C=O) groups excluding carboxylic acids is 2. The van der Waals surface area contributed by atoms with Gasteiger partial charge in [-0.25, -0.2) is 0 Å². The van der Waals surface area contributed by atoms with Gasteiger partial charge >= 0.3 is 6.18 Å². The molecule has 1 aliphatic carbocycles. The van der Waals surface area contributed by atoms with E-state index in [1.165, 1.54) is 29.2 Å². The molecule has 0 bridgehead atoms. The number of rotatable bonds is 6. The van der Waals surface area contributed by atoms with Crippen LogP contribution in [0.2, 0.25) is 0 Å². The second kappa shape index (κ2) is 9.50. The molecular weight excluding hydrogens is 435 g/mol. The van der Waals surface area contributed by atoms with Crippen LogP contribution in [0.4, 0.5) is 13.2 Å². The first kappa shape index (κ1) is 24.7. The van der Waals surface area contributed by atoms with Crippen molar-refractivity contribution in [1.82, 2.24) is 4.90 Å². The minimum Gasteiger partial charge on any atom is -0.366 e. The molecule has 0 saturated heterocycles. The summed E-state index contributed by atoms with van der Waals surface area (Å²) in [7, 11) is 0. The van der Waals surface area contributed by atoms with Crippen molar-refractivity contribution < 1.29 is 22.8 Å². The van der Waals surface area contributed by atoms with Crippen LogP contribution in [-0.2, 0) is 5.54 Å². The molecule has 0 radical (unpaired) electrons. The Labute approximate surface area is 189 Å². The average Bonchev–Trinajstić information content (AvgIpc) is 2.80. The van der Waals surface area contributed by atoms with E-state index in [4.69, 9.17) is 22.9 Å². The molecule has 1 atom stereocenters. The van der Waals surface area contributed by atoms with Crippen LogP contribution in [0.3, 0.4) is 0 Å². The van der Waals surface area contributed by atoms with Gasteiger partial charge in [-0.15, -0.1) is 0 Å². The summed E-state index contributed by atoms with van der Waals surface area (Å²) < 4.78 is 38.4. The molecule has 10 heteroatoms. The molecular formula is C23H28F3N5O2. The summed E-state index contributed by atoms with van der Waals surface area (Å²) in [4.78, 5) is 25.8. The van der Waals surface area contributed by atoms with Gasteiger partial charge in [0.15, 0.2) is 0 Å². The molecule has 0 heterocycles. The van der Waals surface area contributed by atoms with E-state index in [-0.39, 0.29) is 29.7 Å². The van der Waals surface area contributed by atoms with Gasteiger partial charge in [0.2, 0.25) is 5.91 Å². The number of alkyl halides is 3. The Morgan fingerprint density at radius 1 is 1.00 bits per heavy atom. The highest BCUT2D eigenvalue weighted by atomic mass is 19.4. The van der Waals surface area contributed by atoms with Crippen LogP contribution in [0, 0.1) is 0 Å². The SMILES string of the molecule is NCN(C(=O)c1ccc(C(N)C(F)(F)F)cc1)C1CCC(N)(c2ccc(C(N)=O)cc2)CC1. The van der Waals surface area contributed by atoms with Crippen LogP contribution in [0.1, 0.15) is 63.6 Å². The number of nitrogens with zero attached hydrogens (tertiary/aromatic N) is 1. The monoisotopic (exact) mass is 463 g/mol. The van der Waals surface area contributed by atoms with Gasteiger partial charge in [-0.2, -0.15) is 13.2 Å². The number of carbonyl (C=O) groups is 2. The lowest BCUT2D eigenvalue weighted by molar-refractivity contribution is -0.149. The molecule has 2 amide bonds. The van der Waals surface area contributed by atoms with E-state index in [0.717, 1.165) is 5.56 Å².